The number of aliphatic hydroxyl groups excluding tert-OH is 1. The maximum Gasteiger partial charge on any atom is 0.119 e. The topological polar surface area (TPSA) is 48.5 Å². The molecule has 2 aromatic carbocycles. The molecule has 1 saturated heterocycles. The third kappa shape index (κ3) is 3.51. The molecule has 0 amide bonds. The van der Waals surface area contributed by atoms with E-state index in [1.165, 1.54) is 34.1 Å². The molecule has 31 heavy (non-hydrogen) atoms. The Bertz CT molecular complexity index is 1130. The van der Waals surface area contributed by atoms with Gasteiger partial charge in [0, 0.05) is 39.6 Å². The highest BCUT2D eigenvalue weighted by Gasteiger charge is 2.47. The third-order valence-electron chi connectivity index (χ3n) is 7.85. The summed E-state index contributed by atoms with van der Waals surface area (Å²) in [6.45, 7) is 2.21. The van der Waals surface area contributed by atoms with Crippen LogP contribution in [0.3, 0.4) is 0 Å². The fourth-order valence-corrected chi connectivity index (χ4v) is 6.52. The van der Waals surface area contributed by atoms with E-state index in [9.17, 15) is 5.11 Å². The summed E-state index contributed by atoms with van der Waals surface area (Å²) in [6, 6.07) is 15.3. The largest absolute Gasteiger partial charge is 0.497 e. The number of piperidine rings is 1. The summed E-state index contributed by atoms with van der Waals surface area (Å²) in [5.74, 6) is 2.66. The van der Waals surface area contributed by atoms with Gasteiger partial charge >= 0.3 is 0 Å². The summed E-state index contributed by atoms with van der Waals surface area (Å²) in [5.41, 5.74) is 5.51. The number of rotatable bonds is 4. The molecule has 1 aliphatic heterocycles. The minimum absolute atomic E-state index is 0.169. The van der Waals surface area contributed by atoms with Crippen LogP contribution in [0.1, 0.15) is 35.7 Å². The van der Waals surface area contributed by atoms with E-state index in [4.69, 9.17) is 4.74 Å². The Kier molecular flexibility index (Phi) is 4.89. The van der Waals surface area contributed by atoms with Gasteiger partial charge in [0.15, 0.2) is 0 Å². The summed E-state index contributed by atoms with van der Waals surface area (Å²) < 4.78 is 6.65. The molecule has 1 aromatic heterocycles. The SMILES string of the molecule is COc1cccc(C(C2CC2O)N2CCC3Cc4[nH]c5ccc(Br)cc5c4CC3C2)c1. The highest BCUT2D eigenvalue weighted by molar-refractivity contribution is 9.10. The molecular weight excluding hydrogens is 452 g/mol. The second-order valence-electron chi connectivity index (χ2n) is 9.67. The lowest BCUT2D eigenvalue weighted by Gasteiger charge is -2.44. The van der Waals surface area contributed by atoms with Gasteiger partial charge in [0.2, 0.25) is 0 Å². The third-order valence-corrected chi connectivity index (χ3v) is 8.34. The van der Waals surface area contributed by atoms with Crippen molar-refractivity contribution >= 4 is 26.8 Å². The second-order valence-corrected chi connectivity index (χ2v) is 10.6. The van der Waals surface area contributed by atoms with Crippen LogP contribution >= 0.6 is 15.9 Å². The molecule has 2 fully saturated rings. The molecule has 5 unspecified atom stereocenters. The average Bonchev–Trinajstić information content (AvgIpc) is 3.39. The molecule has 4 nitrogen and oxygen atoms in total. The Morgan fingerprint density at radius 3 is 2.84 bits per heavy atom. The molecule has 3 aliphatic rings. The first kappa shape index (κ1) is 19.8. The lowest BCUT2D eigenvalue weighted by Crippen LogP contribution is -2.46. The second kappa shape index (κ2) is 7.65. The summed E-state index contributed by atoms with van der Waals surface area (Å²) in [4.78, 5) is 6.36. The van der Waals surface area contributed by atoms with Crippen LogP contribution in [-0.2, 0) is 12.8 Å². The van der Waals surface area contributed by atoms with Gasteiger partial charge in [-0.1, -0.05) is 28.1 Å². The molecule has 5 atom stereocenters. The number of ether oxygens (including phenoxy) is 1. The zero-order valence-electron chi connectivity index (χ0n) is 17.9. The van der Waals surface area contributed by atoms with Crippen molar-refractivity contribution in [1.29, 1.82) is 0 Å². The van der Waals surface area contributed by atoms with E-state index in [-0.39, 0.29) is 12.1 Å². The van der Waals surface area contributed by atoms with Crippen molar-refractivity contribution in [3.63, 3.8) is 0 Å². The first-order valence-electron chi connectivity index (χ1n) is 11.5. The van der Waals surface area contributed by atoms with E-state index in [1.54, 1.807) is 7.11 Å². The fourth-order valence-electron chi connectivity index (χ4n) is 6.16. The summed E-state index contributed by atoms with van der Waals surface area (Å²) in [5, 5.41) is 11.7. The minimum atomic E-state index is -0.169. The number of hydrogen-bond acceptors (Lipinski definition) is 3. The average molecular weight is 481 g/mol. The number of aromatic nitrogens is 1. The highest BCUT2D eigenvalue weighted by atomic mass is 79.9. The zero-order chi connectivity index (χ0) is 21.1. The molecule has 2 aliphatic carbocycles. The van der Waals surface area contributed by atoms with Gasteiger partial charge in [0.05, 0.1) is 13.2 Å². The lowest BCUT2D eigenvalue weighted by atomic mass is 9.73. The van der Waals surface area contributed by atoms with Crippen molar-refractivity contribution < 1.29 is 9.84 Å². The molecule has 0 spiro atoms. The highest BCUT2D eigenvalue weighted by Crippen LogP contribution is 2.48. The summed E-state index contributed by atoms with van der Waals surface area (Å²) in [7, 11) is 1.73. The molecular formula is C26H29BrN2O2. The predicted molar refractivity (Wildman–Crippen MR) is 126 cm³/mol. The van der Waals surface area contributed by atoms with E-state index < -0.39 is 0 Å². The van der Waals surface area contributed by atoms with Gasteiger partial charge in [-0.15, -0.1) is 0 Å². The number of methoxy groups -OCH3 is 1. The van der Waals surface area contributed by atoms with Gasteiger partial charge in [-0.2, -0.15) is 0 Å². The monoisotopic (exact) mass is 480 g/mol. The molecule has 3 aromatic rings. The van der Waals surface area contributed by atoms with Gasteiger partial charge in [0.25, 0.3) is 0 Å². The number of H-pyrrole nitrogens is 1. The quantitative estimate of drug-likeness (QED) is 0.546. The van der Waals surface area contributed by atoms with Crippen molar-refractivity contribution in [2.45, 2.75) is 37.8 Å². The summed E-state index contributed by atoms with van der Waals surface area (Å²) >= 11 is 3.65. The molecule has 5 heteroatoms. The standard InChI is InChI=1S/C26H29BrN2O2/c1-31-19-4-2-3-16(9-19)26(22-13-25(22)30)29-8-7-15-11-24-20(10-17(15)14-29)21-12-18(27)5-6-23(21)28-24/h2-6,9,12,15,17,22,25-26,28,30H,7-8,10-11,13-14H2,1H3. The maximum absolute atomic E-state index is 10.3. The van der Waals surface area contributed by atoms with Crippen molar-refractivity contribution in [3.05, 3.63) is 63.8 Å². The van der Waals surface area contributed by atoms with Gasteiger partial charge in [-0.25, -0.2) is 0 Å². The van der Waals surface area contributed by atoms with Gasteiger partial charge in [0.1, 0.15) is 5.75 Å². The number of aliphatic hydroxyl groups is 1. The van der Waals surface area contributed by atoms with E-state index in [0.717, 1.165) is 48.5 Å². The van der Waals surface area contributed by atoms with Crippen LogP contribution in [0.4, 0.5) is 0 Å². The number of nitrogens with zero attached hydrogens (tertiary/aromatic N) is 1. The predicted octanol–water partition coefficient (Wildman–Crippen LogP) is 5.10. The number of aromatic amines is 1. The van der Waals surface area contributed by atoms with Crippen LogP contribution in [0.15, 0.2) is 46.9 Å². The Morgan fingerprint density at radius 2 is 2.03 bits per heavy atom. The fraction of sp³-hybridized carbons (Fsp3) is 0.462. The molecule has 6 rings (SSSR count). The van der Waals surface area contributed by atoms with Crippen LogP contribution < -0.4 is 4.74 Å². The number of benzene rings is 2. The number of hydrogen-bond donors (Lipinski definition) is 2. The Hall–Kier alpha value is -1.82. The Balaban J connectivity index is 1.29. The van der Waals surface area contributed by atoms with E-state index in [0.29, 0.717) is 11.8 Å². The minimum Gasteiger partial charge on any atom is -0.497 e. The van der Waals surface area contributed by atoms with Crippen molar-refractivity contribution in [2.75, 3.05) is 20.2 Å². The first-order chi connectivity index (χ1) is 15.1. The smallest absolute Gasteiger partial charge is 0.119 e. The van der Waals surface area contributed by atoms with E-state index >= 15 is 0 Å². The number of fused-ring (bicyclic) bond motifs is 4. The first-order valence-corrected chi connectivity index (χ1v) is 12.2. The normalized spacial score (nSPS) is 28.7. The van der Waals surface area contributed by atoms with Crippen LogP contribution in [0.25, 0.3) is 10.9 Å². The molecule has 162 valence electrons. The van der Waals surface area contributed by atoms with Gasteiger partial charge in [-0.3, -0.25) is 4.90 Å². The summed E-state index contributed by atoms with van der Waals surface area (Å²) in [6.07, 6.45) is 4.28. The van der Waals surface area contributed by atoms with E-state index in [2.05, 4.69) is 62.2 Å². The van der Waals surface area contributed by atoms with E-state index in [1.807, 2.05) is 6.07 Å². The van der Waals surface area contributed by atoms with Crippen molar-refractivity contribution in [1.82, 2.24) is 9.88 Å². The maximum atomic E-state index is 10.3. The van der Waals surface area contributed by atoms with Crippen LogP contribution in [-0.4, -0.2) is 41.3 Å². The van der Waals surface area contributed by atoms with Gasteiger partial charge in [-0.05, 0) is 85.5 Å². The number of likely N-dealkylation sites (tertiary alicyclic amines) is 1. The van der Waals surface area contributed by atoms with Gasteiger partial charge < -0.3 is 14.8 Å². The number of halogens is 1. The molecule has 2 heterocycles. The molecule has 1 saturated carbocycles. The Labute approximate surface area is 191 Å². The van der Waals surface area contributed by atoms with Crippen LogP contribution in [0.2, 0.25) is 0 Å². The van der Waals surface area contributed by atoms with Crippen LogP contribution in [0.5, 0.6) is 5.75 Å². The van der Waals surface area contributed by atoms with Crippen molar-refractivity contribution in [3.8, 4) is 5.75 Å². The van der Waals surface area contributed by atoms with Crippen molar-refractivity contribution in [2.24, 2.45) is 17.8 Å². The zero-order valence-corrected chi connectivity index (χ0v) is 19.4. The Morgan fingerprint density at radius 1 is 1.16 bits per heavy atom. The molecule has 2 N–H and O–H groups in total. The molecule has 0 radical (unpaired) electrons. The number of nitrogens with one attached hydrogen (secondary N) is 1. The molecule has 0 bridgehead atoms. The van der Waals surface area contributed by atoms with Crippen LogP contribution in [0, 0.1) is 17.8 Å². The lowest BCUT2D eigenvalue weighted by molar-refractivity contribution is 0.0583.